The van der Waals surface area contributed by atoms with E-state index < -0.39 is 0 Å². The molecule has 8 heteroatoms. The number of aromatic nitrogens is 3. The van der Waals surface area contributed by atoms with Crippen LogP contribution < -0.4 is 5.84 Å². The van der Waals surface area contributed by atoms with Crippen molar-refractivity contribution in [1.82, 2.24) is 19.8 Å². The normalized spacial score (nSPS) is 16.1. The van der Waals surface area contributed by atoms with Crippen LogP contribution in [0.1, 0.15) is 19.8 Å². The van der Waals surface area contributed by atoms with Crippen LogP contribution in [0, 0.1) is 5.92 Å². The van der Waals surface area contributed by atoms with E-state index in [2.05, 4.69) is 17.1 Å². The summed E-state index contributed by atoms with van der Waals surface area (Å²) >= 11 is 2.91. The molecule has 0 aliphatic carbocycles. The van der Waals surface area contributed by atoms with Crippen LogP contribution in [0.4, 0.5) is 0 Å². The third kappa shape index (κ3) is 3.27. The Bertz CT molecular complexity index is 632. The molecule has 0 radical (unpaired) electrons. The number of hydrogen-bond acceptors (Lipinski definition) is 6. The van der Waals surface area contributed by atoms with E-state index in [9.17, 15) is 4.79 Å². The maximum atomic E-state index is 12.2. The Balaban J connectivity index is 1.59. The van der Waals surface area contributed by atoms with Crippen molar-refractivity contribution in [3.8, 4) is 10.7 Å². The minimum absolute atomic E-state index is 0.151. The molecule has 22 heavy (non-hydrogen) atoms. The molecule has 0 saturated carbocycles. The summed E-state index contributed by atoms with van der Waals surface area (Å²) in [4.78, 5) is 15.1. The first-order valence-corrected chi connectivity index (χ1v) is 9.16. The highest BCUT2D eigenvalue weighted by Gasteiger charge is 2.21. The van der Waals surface area contributed by atoms with E-state index in [1.54, 1.807) is 11.3 Å². The summed E-state index contributed by atoms with van der Waals surface area (Å²) in [6.45, 7) is 3.95. The van der Waals surface area contributed by atoms with E-state index in [0.29, 0.717) is 16.7 Å². The third-order valence-electron chi connectivity index (χ3n) is 3.87. The molecular formula is C14H19N5OS2. The fourth-order valence-corrected chi connectivity index (χ4v) is 3.89. The van der Waals surface area contributed by atoms with Gasteiger partial charge in [0.1, 0.15) is 0 Å². The molecule has 3 heterocycles. The number of carbonyl (C=O) groups is 1. The molecule has 6 nitrogen and oxygen atoms in total. The Labute approximate surface area is 137 Å². The number of carbonyl (C=O) groups excluding carboxylic acids is 1. The van der Waals surface area contributed by atoms with Gasteiger partial charge in [0.15, 0.2) is 5.82 Å². The highest BCUT2D eigenvalue weighted by atomic mass is 32.2. The fourth-order valence-electron chi connectivity index (χ4n) is 2.42. The Kier molecular flexibility index (Phi) is 4.68. The minimum Gasteiger partial charge on any atom is -0.342 e. The standard InChI is InChI=1S/C14H19N5OS2/c1-10-4-6-18(7-5-10)12(20)9-22-14-17-16-13(19(14)15)11-3-2-8-21-11/h2-3,8,10H,4-7,9,15H2,1H3. The van der Waals surface area contributed by atoms with Gasteiger partial charge < -0.3 is 10.7 Å². The number of nitrogens with two attached hydrogens (primary N) is 1. The van der Waals surface area contributed by atoms with Crippen LogP contribution in [-0.4, -0.2) is 44.5 Å². The van der Waals surface area contributed by atoms with Crippen LogP contribution in [-0.2, 0) is 4.79 Å². The van der Waals surface area contributed by atoms with Gasteiger partial charge in [-0.05, 0) is 30.2 Å². The molecule has 2 N–H and O–H groups in total. The average molecular weight is 337 g/mol. The van der Waals surface area contributed by atoms with Crippen LogP contribution >= 0.6 is 23.1 Å². The molecule has 0 atom stereocenters. The second kappa shape index (κ2) is 6.70. The van der Waals surface area contributed by atoms with Gasteiger partial charge in [0.2, 0.25) is 11.1 Å². The first kappa shape index (κ1) is 15.4. The number of rotatable bonds is 4. The largest absolute Gasteiger partial charge is 0.342 e. The van der Waals surface area contributed by atoms with Gasteiger partial charge in [-0.25, -0.2) is 4.68 Å². The summed E-state index contributed by atoms with van der Waals surface area (Å²) in [7, 11) is 0. The van der Waals surface area contributed by atoms with E-state index in [1.165, 1.54) is 16.4 Å². The van der Waals surface area contributed by atoms with Gasteiger partial charge >= 0.3 is 0 Å². The number of thiophene rings is 1. The zero-order valence-corrected chi connectivity index (χ0v) is 14.1. The minimum atomic E-state index is 0.151. The SMILES string of the molecule is CC1CCN(C(=O)CSc2nnc(-c3cccs3)n2N)CC1. The van der Waals surface area contributed by atoms with Crippen LogP contribution in [0.3, 0.4) is 0 Å². The van der Waals surface area contributed by atoms with Gasteiger partial charge in [-0.2, -0.15) is 0 Å². The van der Waals surface area contributed by atoms with Crippen molar-refractivity contribution in [1.29, 1.82) is 0 Å². The third-order valence-corrected chi connectivity index (χ3v) is 5.66. The van der Waals surface area contributed by atoms with Gasteiger partial charge in [-0.3, -0.25) is 4.79 Å². The molecule has 1 amide bonds. The van der Waals surface area contributed by atoms with Gasteiger partial charge in [0.25, 0.3) is 0 Å². The molecular weight excluding hydrogens is 318 g/mol. The summed E-state index contributed by atoms with van der Waals surface area (Å²) in [5, 5.41) is 10.7. The Morgan fingerprint density at radius 1 is 1.45 bits per heavy atom. The number of likely N-dealkylation sites (tertiary alicyclic amines) is 1. The van der Waals surface area contributed by atoms with Crippen molar-refractivity contribution in [3.05, 3.63) is 17.5 Å². The van der Waals surface area contributed by atoms with Gasteiger partial charge in [-0.15, -0.1) is 21.5 Å². The lowest BCUT2D eigenvalue weighted by atomic mass is 9.99. The quantitative estimate of drug-likeness (QED) is 0.683. The molecule has 0 aromatic carbocycles. The summed E-state index contributed by atoms with van der Waals surface area (Å²) in [6, 6.07) is 3.90. The van der Waals surface area contributed by atoms with Crippen LogP contribution in [0.25, 0.3) is 10.7 Å². The predicted molar refractivity (Wildman–Crippen MR) is 89.2 cm³/mol. The molecule has 0 unspecified atom stereocenters. The molecule has 1 saturated heterocycles. The lowest BCUT2D eigenvalue weighted by Crippen LogP contribution is -2.39. The first-order valence-electron chi connectivity index (χ1n) is 7.30. The van der Waals surface area contributed by atoms with E-state index in [-0.39, 0.29) is 5.91 Å². The molecule has 1 aliphatic heterocycles. The fraction of sp³-hybridized carbons (Fsp3) is 0.500. The topological polar surface area (TPSA) is 77.0 Å². The van der Waals surface area contributed by atoms with Crippen molar-refractivity contribution >= 4 is 29.0 Å². The maximum absolute atomic E-state index is 12.2. The molecule has 118 valence electrons. The van der Waals surface area contributed by atoms with Crippen molar-refractivity contribution in [2.45, 2.75) is 24.9 Å². The van der Waals surface area contributed by atoms with Crippen LogP contribution in [0.2, 0.25) is 0 Å². The molecule has 2 aromatic rings. The summed E-state index contributed by atoms with van der Waals surface area (Å²) < 4.78 is 1.46. The monoisotopic (exact) mass is 337 g/mol. The number of nitrogen functional groups attached to an aromatic ring is 1. The van der Waals surface area contributed by atoms with Crippen LogP contribution in [0.5, 0.6) is 0 Å². The molecule has 0 spiro atoms. The molecule has 1 aliphatic rings. The van der Waals surface area contributed by atoms with E-state index in [4.69, 9.17) is 5.84 Å². The summed E-state index contributed by atoms with van der Waals surface area (Å²) in [5.74, 6) is 7.89. The van der Waals surface area contributed by atoms with Crippen molar-refractivity contribution < 1.29 is 4.79 Å². The highest BCUT2D eigenvalue weighted by Crippen LogP contribution is 2.25. The Morgan fingerprint density at radius 2 is 2.23 bits per heavy atom. The number of amides is 1. The van der Waals surface area contributed by atoms with Crippen LogP contribution in [0.15, 0.2) is 22.7 Å². The molecule has 2 aromatic heterocycles. The smallest absolute Gasteiger partial charge is 0.233 e. The second-order valence-corrected chi connectivity index (χ2v) is 7.40. The van der Waals surface area contributed by atoms with Crippen molar-refractivity contribution in [2.75, 3.05) is 24.7 Å². The first-order chi connectivity index (χ1) is 10.6. The molecule has 1 fully saturated rings. The summed E-state index contributed by atoms with van der Waals surface area (Å²) in [5.41, 5.74) is 0. The zero-order valence-electron chi connectivity index (χ0n) is 12.4. The van der Waals surface area contributed by atoms with E-state index in [1.807, 2.05) is 22.4 Å². The van der Waals surface area contributed by atoms with Crippen molar-refractivity contribution in [3.63, 3.8) is 0 Å². The van der Waals surface area contributed by atoms with Gasteiger partial charge in [0, 0.05) is 13.1 Å². The Morgan fingerprint density at radius 3 is 2.91 bits per heavy atom. The number of hydrogen-bond donors (Lipinski definition) is 1. The molecule has 3 rings (SSSR count). The number of thioether (sulfide) groups is 1. The zero-order chi connectivity index (χ0) is 15.5. The second-order valence-electron chi connectivity index (χ2n) is 5.51. The van der Waals surface area contributed by atoms with Gasteiger partial charge in [-0.1, -0.05) is 24.8 Å². The predicted octanol–water partition coefficient (Wildman–Crippen LogP) is 2.07. The van der Waals surface area contributed by atoms with Crippen molar-refractivity contribution in [2.24, 2.45) is 5.92 Å². The van der Waals surface area contributed by atoms with E-state index in [0.717, 1.165) is 36.7 Å². The van der Waals surface area contributed by atoms with E-state index >= 15 is 0 Å². The van der Waals surface area contributed by atoms with Gasteiger partial charge in [0.05, 0.1) is 10.6 Å². The average Bonchev–Trinajstić information content (AvgIpc) is 3.15. The highest BCUT2D eigenvalue weighted by molar-refractivity contribution is 7.99. The lowest BCUT2D eigenvalue weighted by molar-refractivity contribution is -0.129. The number of piperidine rings is 1. The lowest BCUT2D eigenvalue weighted by Gasteiger charge is -2.30. The number of nitrogens with zero attached hydrogens (tertiary/aromatic N) is 4. The summed E-state index contributed by atoms with van der Waals surface area (Å²) in [6.07, 6.45) is 2.18. The maximum Gasteiger partial charge on any atom is 0.233 e. The Hall–Kier alpha value is -1.54. The molecule has 0 bridgehead atoms.